The Morgan fingerprint density at radius 1 is 1.38 bits per heavy atom. The van der Waals surface area contributed by atoms with Gasteiger partial charge in [0.15, 0.2) is 0 Å². The second kappa shape index (κ2) is 5.58. The minimum Gasteiger partial charge on any atom is -0.496 e. The number of benzene rings is 1. The van der Waals surface area contributed by atoms with Gasteiger partial charge in [0.1, 0.15) is 5.75 Å². The van der Waals surface area contributed by atoms with Gasteiger partial charge >= 0.3 is 0 Å². The molecule has 0 amide bonds. The van der Waals surface area contributed by atoms with E-state index in [4.69, 9.17) is 4.74 Å². The summed E-state index contributed by atoms with van der Waals surface area (Å²) in [6.45, 7) is 3.60. The van der Waals surface area contributed by atoms with Crippen molar-refractivity contribution in [2.24, 2.45) is 0 Å². The van der Waals surface area contributed by atoms with Crippen LogP contribution in [0.25, 0.3) is 0 Å². The molecule has 0 heterocycles. The maximum atomic E-state index is 10.4. The van der Waals surface area contributed by atoms with E-state index in [2.05, 4.69) is 11.8 Å². The lowest BCUT2D eigenvalue weighted by molar-refractivity contribution is 0.0468. The maximum absolute atomic E-state index is 10.4. The van der Waals surface area contributed by atoms with Crippen LogP contribution in [-0.2, 0) is 5.60 Å². The summed E-state index contributed by atoms with van der Waals surface area (Å²) in [4.78, 5) is 0. The predicted octanol–water partition coefficient (Wildman–Crippen LogP) is 2.71. The number of methoxy groups -OCH3 is 1. The fraction of sp³-hybridized carbons (Fsp3) is 0.429. The van der Waals surface area contributed by atoms with Crippen molar-refractivity contribution in [3.8, 4) is 17.6 Å². The molecular formula is C14H18O2. The van der Waals surface area contributed by atoms with Crippen molar-refractivity contribution in [1.82, 2.24) is 0 Å². The van der Waals surface area contributed by atoms with Gasteiger partial charge in [0, 0.05) is 12.0 Å². The number of hydrogen-bond donors (Lipinski definition) is 1. The van der Waals surface area contributed by atoms with Gasteiger partial charge in [0.25, 0.3) is 0 Å². The van der Waals surface area contributed by atoms with Crippen molar-refractivity contribution in [1.29, 1.82) is 0 Å². The third kappa shape index (κ3) is 3.01. The van der Waals surface area contributed by atoms with Crippen molar-refractivity contribution < 1.29 is 9.84 Å². The first-order valence-corrected chi connectivity index (χ1v) is 5.37. The highest BCUT2D eigenvalue weighted by atomic mass is 16.5. The highest BCUT2D eigenvalue weighted by molar-refractivity contribution is 5.37. The van der Waals surface area contributed by atoms with Gasteiger partial charge in [0.05, 0.1) is 12.7 Å². The highest BCUT2D eigenvalue weighted by Gasteiger charge is 2.25. The second-order valence-electron chi connectivity index (χ2n) is 3.90. The van der Waals surface area contributed by atoms with E-state index in [0.717, 1.165) is 11.3 Å². The molecule has 2 heteroatoms. The van der Waals surface area contributed by atoms with Crippen LogP contribution in [0.5, 0.6) is 5.75 Å². The Morgan fingerprint density at radius 2 is 2.06 bits per heavy atom. The molecule has 0 saturated carbocycles. The molecule has 1 rings (SSSR count). The predicted molar refractivity (Wildman–Crippen MR) is 65.2 cm³/mol. The van der Waals surface area contributed by atoms with E-state index >= 15 is 0 Å². The molecule has 1 unspecified atom stereocenters. The van der Waals surface area contributed by atoms with Gasteiger partial charge in [-0.15, -0.1) is 11.8 Å². The van der Waals surface area contributed by atoms with Crippen molar-refractivity contribution in [2.45, 2.75) is 32.3 Å². The van der Waals surface area contributed by atoms with Crippen molar-refractivity contribution in [2.75, 3.05) is 7.11 Å². The number of hydrogen-bond acceptors (Lipinski definition) is 2. The summed E-state index contributed by atoms with van der Waals surface area (Å²) in [7, 11) is 1.61. The molecule has 0 saturated heterocycles. The van der Waals surface area contributed by atoms with Crippen LogP contribution in [0.2, 0.25) is 0 Å². The summed E-state index contributed by atoms with van der Waals surface area (Å²) < 4.78 is 5.24. The quantitative estimate of drug-likeness (QED) is 0.787. The van der Waals surface area contributed by atoms with Crippen molar-refractivity contribution >= 4 is 0 Å². The molecule has 86 valence electrons. The Bertz CT molecular complexity index is 397. The summed E-state index contributed by atoms with van der Waals surface area (Å²) in [6.07, 6.45) is 1.29. The van der Waals surface area contributed by atoms with Crippen LogP contribution in [0.4, 0.5) is 0 Å². The zero-order valence-electron chi connectivity index (χ0n) is 10.1. The maximum Gasteiger partial charge on any atom is 0.124 e. The third-order valence-electron chi connectivity index (χ3n) is 2.60. The zero-order chi connectivity index (χ0) is 12.0. The smallest absolute Gasteiger partial charge is 0.124 e. The average molecular weight is 218 g/mol. The molecule has 0 fully saturated rings. The summed E-state index contributed by atoms with van der Waals surface area (Å²) in [5.41, 5.74) is -0.0772. The lowest BCUT2D eigenvalue weighted by Crippen LogP contribution is -2.21. The van der Waals surface area contributed by atoms with Crippen LogP contribution in [0.1, 0.15) is 32.3 Å². The first-order chi connectivity index (χ1) is 7.61. The number of aliphatic hydroxyl groups is 1. The average Bonchev–Trinajstić information content (AvgIpc) is 2.29. The van der Waals surface area contributed by atoms with Gasteiger partial charge in [0.2, 0.25) is 0 Å². The van der Waals surface area contributed by atoms with Gasteiger partial charge in [-0.25, -0.2) is 0 Å². The molecule has 1 aromatic carbocycles. The second-order valence-corrected chi connectivity index (χ2v) is 3.90. The van der Waals surface area contributed by atoms with Crippen LogP contribution in [0.15, 0.2) is 24.3 Å². The first kappa shape index (κ1) is 12.6. The molecule has 0 aliphatic rings. The fourth-order valence-electron chi connectivity index (χ4n) is 1.66. The minimum absolute atomic E-state index is 0.605. The molecular weight excluding hydrogens is 200 g/mol. The van der Waals surface area contributed by atoms with Crippen LogP contribution in [0, 0.1) is 11.8 Å². The normalized spacial score (nSPS) is 13.5. The molecule has 0 bridgehead atoms. The van der Waals surface area contributed by atoms with E-state index in [1.807, 2.05) is 24.3 Å². The molecule has 0 radical (unpaired) electrons. The molecule has 1 atom stereocenters. The van der Waals surface area contributed by atoms with E-state index in [0.29, 0.717) is 12.8 Å². The molecule has 1 N–H and O–H groups in total. The largest absolute Gasteiger partial charge is 0.496 e. The summed E-state index contributed by atoms with van der Waals surface area (Å²) in [5.74, 6) is 6.51. The van der Waals surface area contributed by atoms with E-state index < -0.39 is 5.60 Å². The molecule has 2 nitrogen and oxygen atoms in total. The van der Waals surface area contributed by atoms with Crippen LogP contribution >= 0.6 is 0 Å². The number of para-hydroxylation sites is 1. The van der Waals surface area contributed by atoms with Gasteiger partial charge < -0.3 is 9.84 Å². The van der Waals surface area contributed by atoms with E-state index in [9.17, 15) is 5.11 Å². The fourth-order valence-corrected chi connectivity index (χ4v) is 1.66. The summed E-state index contributed by atoms with van der Waals surface area (Å²) in [6, 6.07) is 7.54. The monoisotopic (exact) mass is 218 g/mol. The Balaban J connectivity index is 2.90. The molecule has 16 heavy (non-hydrogen) atoms. The summed E-state index contributed by atoms with van der Waals surface area (Å²) >= 11 is 0. The Morgan fingerprint density at radius 3 is 2.69 bits per heavy atom. The lowest BCUT2D eigenvalue weighted by Gasteiger charge is -2.24. The van der Waals surface area contributed by atoms with Crippen LogP contribution < -0.4 is 4.74 Å². The minimum atomic E-state index is -0.892. The molecule has 0 aromatic heterocycles. The molecule has 0 spiro atoms. The Hall–Kier alpha value is -1.46. The lowest BCUT2D eigenvalue weighted by atomic mass is 9.90. The van der Waals surface area contributed by atoms with E-state index in [1.54, 1.807) is 21.0 Å². The molecule has 0 aliphatic heterocycles. The SMILES string of the molecule is CC#CCCC(C)(O)c1ccccc1OC. The van der Waals surface area contributed by atoms with Crippen LogP contribution in [-0.4, -0.2) is 12.2 Å². The van der Waals surface area contributed by atoms with E-state index in [1.165, 1.54) is 0 Å². The van der Waals surface area contributed by atoms with E-state index in [-0.39, 0.29) is 0 Å². The number of rotatable bonds is 4. The summed E-state index contributed by atoms with van der Waals surface area (Å²) in [5, 5.41) is 10.4. The van der Waals surface area contributed by atoms with Crippen LogP contribution in [0.3, 0.4) is 0 Å². The van der Waals surface area contributed by atoms with Gasteiger partial charge in [-0.05, 0) is 26.3 Å². The Labute approximate surface area is 97.3 Å². The molecule has 0 aliphatic carbocycles. The highest BCUT2D eigenvalue weighted by Crippen LogP contribution is 2.32. The topological polar surface area (TPSA) is 29.5 Å². The third-order valence-corrected chi connectivity index (χ3v) is 2.60. The zero-order valence-corrected chi connectivity index (χ0v) is 10.1. The van der Waals surface area contributed by atoms with Crippen molar-refractivity contribution in [3.63, 3.8) is 0 Å². The number of ether oxygens (including phenoxy) is 1. The Kier molecular flexibility index (Phi) is 4.39. The first-order valence-electron chi connectivity index (χ1n) is 5.37. The standard InChI is InChI=1S/C14H18O2/c1-4-5-8-11-14(2,15)12-9-6-7-10-13(12)16-3/h6-7,9-10,15H,8,11H2,1-3H3. The van der Waals surface area contributed by atoms with Crippen molar-refractivity contribution in [3.05, 3.63) is 29.8 Å². The van der Waals surface area contributed by atoms with Gasteiger partial charge in [-0.2, -0.15) is 0 Å². The van der Waals surface area contributed by atoms with Gasteiger partial charge in [-0.1, -0.05) is 18.2 Å². The molecule has 1 aromatic rings. The van der Waals surface area contributed by atoms with Gasteiger partial charge in [-0.3, -0.25) is 0 Å².